The first-order valence-electron chi connectivity index (χ1n) is 5.18. The molecule has 3 heteroatoms. The molecule has 0 N–H and O–H groups in total. The molecule has 1 aromatic rings. The van der Waals surface area contributed by atoms with E-state index in [9.17, 15) is 0 Å². The van der Waals surface area contributed by atoms with Crippen molar-refractivity contribution in [1.82, 2.24) is 9.97 Å². The highest BCUT2D eigenvalue weighted by molar-refractivity contribution is 9.10. The topological polar surface area (TPSA) is 25.8 Å². The molecule has 1 aliphatic carbocycles. The van der Waals surface area contributed by atoms with Gasteiger partial charge in [-0.2, -0.15) is 0 Å². The lowest BCUT2D eigenvalue weighted by Gasteiger charge is -2.06. The van der Waals surface area contributed by atoms with Gasteiger partial charge in [-0.1, -0.05) is 13.8 Å². The molecule has 0 atom stereocenters. The minimum atomic E-state index is 0.628. The molecule has 0 unspecified atom stereocenters. The molecular formula is C11H15BrN2. The molecule has 14 heavy (non-hydrogen) atoms. The van der Waals surface area contributed by atoms with Crippen LogP contribution in [-0.4, -0.2) is 9.97 Å². The van der Waals surface area contributed by atoms with Crippen molar-refractivity contribution in [3.8, 4) is 0 Å². The van der Waals surface area contributed by atoms with Gasteiger partial charge in [0.25, 0.3) is 0 Å². The van der Waals surface area contributed by atoms with Crippen molar-refractivity contribution < 1.29 is 0 Å². The molecule has 0 radical (unpaired) electrons. The number of halogens is 1. The molecule has 1 heterocycles. The average Bonchev–Trinajstić information content (AvgIpc) is 2.90. The molecule has 0 aromatic carbocycles. The Morgan fingerprint density at radius 2 is 2.21 bits per heavy atom. The van der Waals surface area contributed by atoms with E-state index in [4.69, 9.17) is 0 Å². The van der Waals surface area contributed by atoms with E-state index in [1.165, 1.54) is 18.5 Å². The summed E-state index contributed by atoms with van der Waals surface area (Å²) in [5.74, 6) is 2.31. The van der Waals surface area contributed by atoms with E-state index in [1.54, 1.807) is 0 Å². The Labute approximate surface area is 93.3 Å². The van der Waals surface area contributed by atoms with Crippen LogP contribution < -0.4 is 0 Å². The van der Waals surface area contributed by atoms with Crippen LogP contribution >= 0.6 is 15.9 Å². The number of hydrogen-bond donors (Lipinski definition) is 0. The van der Waals surface area contributed by atoms with Gasteiger partial charge in [0.1, 0.15) is 5.82 Å². The summed E-state index contributed by atoms with van der Waals surface area (Å²) in [6, 6.07) is 0. The van der Waals surface area contributed by atoms with Gasteiger partial charge in [0.2, 0.25) is 0 Å². The van der Waals surface area contributed by atoms with E-state index in [2.05, 4.69) is 39.7 Å². The van der Waals surface area contributed by atoms with Crippen LogP contribution in [0, 0.1) is 5.92 Å². The summed E-state index contributed by atoms with van der Waals surface area (Å²) in [5.41, 5.74) is 1.22. The minimum Gasteiger partial charge on any atom is -0.240 e. The highest BCUT2D eigenvalue weighted by atomic mass is 79.9. The summed E-state index contributed by atoms with van der Waals surface area (Å²) < 4.78 is 1.08. The molecule has 0 saturated heterocycles. The van der Waals surface area contributed by atoms with Crippen molar-refractivity contribution in [2.24, 2.45) is 5.92 Å². The second kappa shape index (κ2) is 3.97. The lowest BCUT2D eigenvalue weighted by molar-refractivity contribution is 0.616. The summed E-state index contributed by atoms with van der Waals surface area (Å²) in [6.45, 7) is 4.39. The third-order valence-corrected chi connectivity index (χ3v) is 2.99. The summed E-state index contributed by atoms with van der Waals surface area (Å²) in [6.07, 6.45) is 5.46. The van der Waals surface area contributed by atoms with Gasteiger partial charge in [-0.25, -0.2) is 9.97 Å². The number of hydrogen-bond acceptors (Lipinski definition) is 2. The highest BCUT2D eigenvalue weighted by Gasteiger charge is 2.27. The second-order valence-corrected chi connectivity index (χ2v) is 5.25. The third-order valence-electron chi connectivity index (χ3n) is 2.38. The molecule has 0 amide bonds. The zero-order chi connectivity index (χ0) is 10.1. The fourth-order valence-electron chi connectivity index (χ4n) is 1.53. The van der Waals surface area contributed by atoms with Crippen molar-refractivity contribution in [1.29, 1.82) is 0 Å². The summed E-state index contributed by atoms with van der Waals surface area (Å²) in [7, 11) is 0. The van der Waals surface area contributed by atoms with Gasteiger partial charge in [-0.3, -0.25) is 0 Å². The van der Waals surface area contributed by atoms with E-state index >= 15 is 0 Å². The van der Waals surface area contributed by atoms with Crippen LogP contribution in [0.2, 0.25) is 0 Å². The maximum atomic E-state index is 4.62. The van der Waals surface area contributed by atoms with Gasteiger partial charge in [-0.15, -0.1) is 0 Å². The van der Waals surface area contributed by atoms with E-state index < -0.39 is 0 Å². The van der Waals surface area contributed by atoms with Crippen LogP contribution in [0.25, 0.3) is 0 Å². The van der Waals surface area contributed by atoms with Crippen LogP contribution in [0.1, 0.15) is 44.1 Å². The maximum Gasteiger partial charge on any atom is 0.128 e. The number of rotatable bonds is 3. The largest absolute Gasteiger partial charge is 0.240 e. The van der Waals surface area contributed by atoms with Gasteiger partial charge in [-0.05, 0) is 34.7 Å². The zero-order valence-electron chi connectivity index (χ0n) is 8.63. The molecule has 1 aromatic heterocycles. The second-order valence-electron chi connectivity index (χ2n) is 4.39. The predicted molar refractivity (Wildman–Crippen MR) is 60.2 cm³/mol. The Bertz CT molecular complexity index is 332. The fraction of sp³-hybridized carbons (Fsp3) is 0.636. The van der Waals surface area contributed by atoms with Crippen molar-refractivity contribution in [2.75, 3.05) is 0 Å². The van der Waals surface area contributed by atoms with Crippen LogP contribution in [-0.2, 0) is 6.42 Å². The molecule has 1 fully saturated rings. The smallest absolute Gasteiger partial charge is 0.128 e. The molecule has 0 spiro atoms. The Balaban J connectivity index is 2.21. The monoisotopic (exact) mass is 254 g/mol. The van der Waals surface area contributed by atoms with Crippen LogP contribution in [0.4, 0.5) is 0 Å². The normalized spacial score (nSPS) is 16.3. The fourth-order valence-corrected chi connectivity index (χ4v) is 2.04. The van der Waals surface area contributed by atoms with Crippen LogP contribution in [0.3, 0.4) is 0 Å². The summed E-state index contributed by atoms with van der Waals surface area (Å²) >= 11 is 3.51. The average molecular weight is 255 g/mol. The van der Waals surface area contributed by atoms with E-state index in [0.717, 1.165) is 16.7 Å². The first-order valence-corrected chi connectivity index (χ1v) is 5.97. The molecule has 0 bridgehead atoms. The van der Waals surface area contributed by atoms with Gasteiger partial charge in [0.05, 0.1) is 10.2 Å². The molecule has 0 aliphatic heterocycles. The van der Waals surface area contributed by atoms with Crippen molar-refractivity contribution >= 4 is 15.9 Å². The minimum absolute atomic E-state index is 0.628. The SMILES string of the molecule is CC(C)Cc1ncc(Br)c(C2CC2)n1. The maximum absolute atomic E-state index is 4.62. The van der Waals surface area contributed by atoms with Crippen molar-refractivity contribution in [3.63, 3.8) is 0 Å². The molecule has 1 saturated carbocycles. The quantitative estimate of drug-likeness (QED) is 0.828. The molecule has 2 nitrogen and oxygen atoms in total. The Morgan fingerprint density at radius 1 is 1.50 bits per heavy atom. The first kappa shape index (κ1) is 10.1. The van der Waals surface area contributed by atoms with Crippen LogP contribution in [0.15, 0.2) is 10.7 Å². The van der Waals surface area contributed by atoms with Crippen LogP contribution in [0.5, 0.6) is 0 Å². The van der Waals surface area contributed by atoms with E-state index in [0.29, 0.717) is 11.8 Å². The van der Waals surface area contributed by atoms with E-state index in [1.807, 2.05) is 6.20 Å². The summed E-state index contributed by atoms with van der Waals surface area (Å²) in [5, 5.41) is 0. The molecule has 76 valence electrons. The van der Waals surface area contributed by atoms with E-state index in [-0.39, 0.29) is 0 Å². The van der Waals surface area contributed by atoms with Gasteiger partial charge in [0.15, 0.2) is 0 Å². The summed E-state index contributed by atoms with van der Waals surface area (Å²) in [4.78, 5) is 8.95. The van der Waals surface area contributed by atoms with Gasteiger partial charge in [0, 0.05) is 18.5 Å². The lowest BCUT2D eigenvalue weighted by Crippen LogP contribution is -2.03. The Kier molecular flexibility index (Phi) is 2.86. The Hall–Kier alpha value is -0.440. The van der Waals surface area contributed by atoms with Crippen molar-refractivity contribution in [2.45, 2.75) is 39.0 Å². The van der Waals surface area contributed by atoms with Gasteiger partial charge < -0.3 is 0 Å². The van der Waals surface area contributed by atoms with Gasteiger partial charge >= 0.3 is 0 Å². The molecule has 2 rings (SSSR count). The first-order chi connectivity index (χ1) is 6.66. The third kappa shape index (κ3) is 2.32. The number of nitrogens with zero attached hydrogens (tertiary/aromatic N) is 2. The molecule has 1 aliphatic rings. The Morgan fingerprint density at radius 3 is 2.79 bits per heavy atom. The molecular weight excluding hydrogens is 240 g/mol. The number of aromatic nitrogens is 2. The highest BCUT2D eigenvalue weighted by Crippen LogP contribution is 2.41. The lowest BCUT2D eigenvalue weighted by atomic mass is 10.1. The standard InChI is InChI=1S/C11H15BrN2/c1-7(2)5-10-13-6-9(12)11(14-10)8-3-4-8/h6-8H,3-5H2,1-2H3. The predicted octanol–water partition coefficient (Wildman–Crippen LogP) is 3.32. The van der Waals surface area contributed by atoms with Crippen molar-refractivity contribution in [3.05, 3.63) is 22.2 Å². The zero-order valence-corrected chi connectivity index (χ0v) is 10.2.